The molecular formula is C7H10N2. The zero-order valence-electron chi connectivity index (χ0n) is 5.54. The second-order valence-electron chi connectivity index (χ2n) is 1.37. The summed E-state index contributed by atoms with van der Waals surface area (Å²) in [5, 5.41) is 0. The van der Waals surface area contributed by atoms with Crippen LogP contribution in [0.15, 0.2) is 35.4 Å². The summed E-state index contributed by atoms with van der Waals surface area (Å²) < 4.78 is 0. The third-order valence-corrected chi connectivity index (χ3v) is 0.645. The van der Waals surface area contributed by atoms with Crippen molar-refractivity contribution < 1.29 is 0 Å². The molecule has 0 aromatic rings. The number of hydrogen-bond donors (Lipinski definition) is 0. The van der Waals surface area contributed by atoms with E-state index in [0.29, 0.717) is 5.84 Å². The van der Waals surface area contributed by atoms with Crippen LogP contribution in [0.4, 0.5) is 0 Å². The molecular weight excluding hydrogens is 112 g/mol. The van der Waals surface area contributed by atoms with Crippen LogP contribution in [-0.2, 0) is 0 Å². The van der Waals surface area contributed by atoms with Gasteiger partial charge in [0.25, 0.3) is 0 Å². The third-order valence-electron chi connectivity index (χ3n) is 0.645. The molecule has 9 heavy (non-hydrogen) atoms. The van der Waals surface area contributed by atoms with E-state index in [1.165, 1.54) is 6.20 Å². The number of amidine groups is 1. The monoisotopic (exact) mass is 122 g/mol. The highest BCUT2D eigenvalue weighted by atomic mass is 14.9. The zero-order chi connectivity index (χ0) is 7.11. The van der Waals surface area contributed by atoms with Crippen molar-refractivity contribution in [3.63, 3.8) is 0 Å². The Labute approximate surface area is 55.3 Å². The van der Waals surface area contributed by atoms with Gasteiger partial charge in [-0.05, 0) is 6.92 Å². The number of allylic oxidation sites excluding steroid dienone is 1. The van der Waals surface area contributed by atoms with Crippen molar-refractivity contribution in [3.8, 4) is 0 Å². The van der Waals surface area contributed by atoms with Crippen LogP contribution < -0.4 is 0 Å². The molecule has 0 aliphatic rings. The Morgan fingerprint density at radius 1 is 1.44 bits per heavy atom. The van der Waals surface area contributed by atoms with Gasteiger partial charge < -0.3 is 0 Å². The van der Waals surface area contributed by atoms with Gasteiger partial charge in [0.1, 0.15) is 5.84 Å². The van der Waals surface area contributed by atoms with Gasteiger partial charge in [0.2, 0.25) is 0 Å². The average Bonchev–Trinajstić information content (AvgIpc) is 1.85. The Bertz CT molecular complexity index is 154. The van der Waals surface area contributed by atoms with E-state index in [9.17, 15) is 0 Å². The molecule has 2 nitrogen and oxygen atoms in total. The van der Waals surface area contributed by atoms with Crippen LogP contribution in [0.25, 0.3) is 0 Å². The van der Waals surface area contributed by atoms with Gasteiger partial charge >= 0.3 is 0 Å². The van der Waals surface area contributed by atoms with Crippen molar-refractivity contribution in [3.05, 3.63) is 25.4 Å². The molecule has 0 rings (SSSR count). The first kappa shape index (κ1) is 7.82. The highest BCUT2D eigenvalue weighted by Gasteiger charge is 1.75. The SMILES string of the molecule is C=CC=NC(C)=NC=C. The molecule has 0 unspecified atom stereocenters. The maximum atomic E-state index is 3.87. The van der Waals surface area contributed by atoms with E-state index in [1.54, 1.807) is 19.2 Å². The van der Waals surface area contributed by atoms with Gasteiger partial charge in [-0.25, -0.2) is 9.98 Å². The minimum absolute atomic E-state index is 0.685. The minimum Gasteiger partial charge on any atom is -0.242 e. The first-order valence-electron chi connectivity index (χ1n) is 2.61. The Hall–Kier alpha value is -1.18. The van der Waals surface area contributed by atoms with Gasteiger partial charge in [0.15, 0.2) is 0 Å². The fourth-order valence-corrected chi connectivity index (χ4v) is 0.326. The molecule has 0 spiro atoms. The molecule has 0 radical (unpaired) electrons. The maximum absolute atomic E-state index is 3.87. The zero-order valence-corrected chi connectivity index (χ0v) is 5.54. The summed E-state index contributed by atoms with van der Waals surface area (Å²) in [6.45, 7) is 8.68. The Kier molecular flexibility index (Phi) is 4.32. The van der Waals surface area contributed by atoms with Crippen molar-refractivity contribution >= 4 is 12.1 Å². The second-order valence-corrected chi connectivity index (χ2v) is 1.37. The van der Waals surface area contributed by atoms with Crippen LogP contribution in [-0.4, -0.2) is 12.1 Å². The van der Waals surface area contributed by atoms with Crippen LogP contribution in [0.5, 0.6) is 0 Å². The molecule has 0 aliphatic heterocycles. The van der Waals surface area contributed by atoms with Crippen LogP contribution in [0.1, 0.15) is 6.92 Å². The fraction of sp³-hybridized carbons (Fsp3) is 0.143. The van der Waals surface area contributed by atoms with Gasteiger partial charge in [-0.1, -0.05) is 19.2 Å². The number of rotatable bonds is 2. The van der Waals surface area contributed by atoms with Crippen LogP contribution in [0.2, 0.25) is 0 Å². The van der Waals surface area contributed by atoms with Gasteiger partial charge in [0.05, 0.1) is 0 Å². The molecule has 0 heterocycles. The quantitative estimate of drug-likeness (QED) is 0.394. The third kappa shape index (κ3) is 4.68. The first-order valence-corrected chi connectivity index (χ1v) is 2.61. The normalized spacial score (nSPS) is 11.9. The van der Waals surface area contributed by atoms with Crippen molar-refractivity contribution in [2.24, 2.45) is 9.98 Å². The predicted octanol–water partition coefficient (Wildman–Crippen LogP) is 1.81. The molecule has 48 valence electrons. The number of aliphatic imine (C=N–C) groups is 2. The van der Waals surface area contributed by atoms with E-state index in [4.69, 9.17) is 0 Å². The summed E-state index contributed by atoms with van der Waals surface area (Å²) in [6, 6.07) is 0. The number of hydrogen-bond acceptors (Lipinski definition) is 1. The second kappa shape index (κ2) is 4.97. The molecule has 0 bridgehead atoms. The van der Waals surface area contributed by atoms with E-state index >= 15 is 0 Å². The lowest BCUT2D eigenvalue weighted by molar-refractivity contribution is 1.48. The van der Waals surface area contributed by atoms with Crippen molar-refractivity contribution in [1.82, 2.24) is 0 Å². The molecule has 0 aromatic heterocycles. The van der Waals surface area contributed by atoms with Gasteiger partial charge in [0, 0.05) is 12.4 Å². The summed E-state index contributed by atoms with van der Waals surface area (Å²) in [5.41, 5.74) is 0. The average molecular weight is 122 g/mol. The molecule has 0 fully saturated rings. The molecule has 0 amide bonds. The molecule has 0 aliphatic carbocycles. The van der Waals surface area contributed by atoms with Crippen molar-refractivity contribution in [2.45, 2.75) is 6.92 Å². The van der Waals surface area contributed by atoms with E-state index in [-0.39, 0.29) is 0 Å². The molecule has 0 saturated carbocycles. The fourth-order valence-electron chi connectivity index (χ4n) is 0.326. The highest BCUT2D eigenvalue weighted by Crippen LogP contribution is 1.78. The van der Waals surface area contributed by atoms with Gasteiger partial charge in [-0.2, -0.15) is 0 Å². The molecule has 0 atom stereocenters. The lowest BCUT2D eigenvalue weighted by Crippen LogP contribution is -1.82. The lowest BCUT2D eigenvalue weighted by Gasteiger charge is -1.82. The molecule has 2 heteroatoms. The smallest absolute Gasteiger partial charge is 0.125 e. The summed E-state index contributed by atoms with van der Waals surface area (Å²) in [6.07, 6.45) is 4.64. The number of nitrogens with zero attached hydrogens (tertiary/aromatic N) is 2. The van der Waals surface area contributed by atoms with Crippen molar-refractivity contribution in [2.75, 3.05) is 0 Å². The molecule has 0 aromatic carbocycles. The lowest BCUT2D eigenvalue weighted by atomic mass is 10.6. The topological polar surface area (TPSA) is 24.7 Å². The Morgan fingerprint density at radius 3 is 2.56 bits per heavy atom. The van der Waals surface area contributed by atoms with E-state index in [2.05, 4.69) is 23.1 Å². The highest BCUT2D eigenvalue weighted by molar-refractivity contribution is 5.90. The van der Waals surface area contributed by atoms with Gasteiger partial charge in [-0.15, -0.1) is 0 Å². The van der Waals surface area contributed by atoms with Crippen LogP contribution >= 0.6 is 0 Å². The maximum Gasteiger partial charge on any atom is 0.125 e. The summed E-state index contributed by atoms with van der Waals surface area (Å²) in [5.74, 6) is 0.685. The van der Waals surface area contributed by atoms with Crippen molar-refractivity contribution in [1.29, 1.82) is 0 Å². The van der Waals surface area contributed by atoms with Crippen LogP contribution in [0.3, 0.4) is 0 Å². The Balaban J connectivity index is 3.88. The Morgan fingerprint density at radius 2 is 2.11 bits per heavy atom. The summed E-state index contributed by atoms with van der Waals surface area (Å²) in [4.78, 5) is 7.66. The standard InChI is InChI=1S/C7H10N2/c1-4-6-9-7(3)8-5-2/h4-6H,1-2H2,3H3. The molecule has 0 N–H and O–H groups in total. The minimum atomic E-state index is 0.685. The van der Waals surface area contributed by atoms with Crippen LogP contribution in [0, 0.1) is 0 Å². The van der Waals surface area contributed by atoms with E-state index in [0.717, 1.165) is 0 Å². The first-order chi connectivity index (χ1) is 4.31. The largest absolute Gasteiger partial charge is 0.242 e. The predicted molar refractivity (Wildman–Crippen MR) is 42.0 cm³/mol. The summed E-state index contributed by atoms with van der Waals surface area (Å²) >= 11 is 0. The van der Waals surface area contributed by atoms with E-state index < -0.39 is 0 Å². The summed E-state index contributed by atoms with van der Waals surface area (Å²) in [7, 11) is 0. The van der Waals surface area contributed by atoms with E-state index in [1.807, 2.05) is 0 Å². The molecule has 0 saturated heterocycles. The van der Waals surface area contributed by atoms with Gasteiger partial charge in [-0.3, -0.25) is 0 Å².